The Kier molecular flexibility index (Phi) is 5.43. The van der Waals surface area contributed by atoms with E-state index in [0.29, 0.717) is 11.6 Å². The molecule has 1 aliphatic heterocycles. The van der Waals surface area contributed by atoms with Crippen molar-refractivity contribution in [3.05, 3.63) is 0 Å². The van der Waals surface area contributed by atoms with E-state index in [1.807, 2.05) is 6.92 Å². The maximum Gasteiger partial charge on any atom is 0.230 e. The van der Waals surface area contributed by atoms with Gasteiger partial charge in [-0.1, -0.05) is 11.8 Å². The van der Waals surface area contributed by atoms with Crippen molar-refractivity contribution in [1.29, 1.82) is 0 Å². The Morgan fingerprint density at radius 1 is 1.76 bits per heavy atom. The highest BCUT2D eigenvalue weighted by atomic mass is 32.2. The van der Waals surface area contributed by atoms with Gasteiger partial charge in [0.15, 0.2) is 5.17 Å². The Morgan fingerprint density at radius 2 is 2.47 bits per heavy atom. The van der Waals surface area contributed by atoms with Crippen LogP contribution in [0, 0.1) is 0 Å². The molecule has 1 heterocycles. The molecule has 3 N–H and O–H groups in total. The Balaban J connectivity index is 2.35. The lowest BCUT2D eigenvalue weighted by Gasteiger charge is -2.17. The van der Waals surface area contributed by atoms with Gasteiger partial charge in [-0.05, 0) is 13.8 Å². The molecule has 0 aromatic heterocycles. The van der Waals surface area contributed by atoms with Gasteiger partial charge in [0.1, 0.15) is 0 Å². The van der Waals surface area contributed by atoms with Gasteiger partial charge in [0, 0.05) is 12.5 Å². The number of nitrogens with one attached hydrogen (secondary N) is 2. The van der Waals surface area contributed by atoms with E-state index in [4.69, 9.17) is 5.11 Å². The number of amides is 2. The maximum absolute atomic E-state index is 11.4. The molecule has 96 valence electrons. The van der Waals surface area contributed by atoms with E-state index in [0.717, 1.165) is 0 Å². The molecule has 0 saturated carbocycles. The summed E-state index contributed by atoms with van der Waals surface area (Å²) >= 11 is 1.19. The van der Waals surface area contributed by atoms with Gasteiger partial charge in [-0.3, -0.25) is 14.6 Å². The minimum atomic E-state index is -0.259. The second-order valence-corrected chi connectivity index (χ2v) is 4.94. The van der Waals surface area contributed by atoms with Gasteiger partial charge < -0.3 is 15.7 Å². The number of amidine groups is 1. The summed E-state index contributed by atoms with van der Waals surface area (Å²) < 4.78 is 0. The number of aliphatic imine (C=N–C) groups is 1. The lowest BCUT2D eigenvalue weighted by atomic mass is 10.2. The highest BCUT2D eigenvalue weighted by Crippen LogP contribution is 2.10. The van der Waals surface area contributed by atoms with Crippen LogP contribution in [-0.2, 0) is 9.59 Å². The van der Waals surface area contributed by atoms with Crippen molar-refractivity contribution in [2.24, 2.45) is 4.99 Å². The number of hydrogen-bond donors (Lipinski definition) is 3. The molecule has 1 rings (SSSR count). The summed E-state index contributed by atoms with van der Waals surface area (Å²) in [6, 6.07) is -0.296. The number of rotatable bonds is 4. The quantitative estimate of drug-likeness (QED) is 0.633. The molecule has 17 heavy (non-hydrogen) atoms. The second kappa shape index (κ2) is 6.61. The monoisotopic (exact) mass is 259 g/mol. The Morgan fingerprint density at radius 3 is 3.06 bits per heavy atom. The molecule has 0 saturated heterocycles. The zero-order chi connectivity index (χ0) is 12.8. The summed E-state index contributed by atoms with van der Waals surface area (Å²) in [7, 11) is 0. The molecule has 1 aliphatic rings. The molecule has 2 atom stereocenters. The molecule has 0 aromatic rings. The van der Waals surface area contributed by atoms with Gasteiger partial charge in [0.25, 0.3) is 0 Å². The molecule has 0 aromatic carbocycles. The largest absolute Gasteiger partial charge is 0.394 e. The topological polar surface area (TPSA) is 90.8 Å². The fourth-order valence-electron chi connectivity index (χ4n) is 1.29. The Hall–Kier alpha value is -1.08. The van der Waals surface area contributed by atoms with E-state index < -0.39 is 0 Å². The van der Waals surface area contributed by atoms with E-state index >= 15 is 0 Å². The van der Waals surface area contributed by atoms with Crippen LogP contribution < -0.4 is 10.6 Å². The fourth-order valence-corrected chi connectivity index (χ4v) is 2.08. The Labute approximate surface area is 104 Å². The summed E-state index contributed by atoms with van der Waals surface area (Å²) in [5.41, 5.74) is 0. The zero-order valence-corrected chi connectivity index (χ0v) is 10.7. The number of thioether (sulfide) groups is 1. The van der Waals surface area contributed by atoms with E-state index in [1.165, 1.54) is 11.8 Å². The highest BCUT2D eigenvalue weighted by molar-refractivity contribution is 8.14. The standard InChI is InChI=1S/C10H17N3O3S/c1-6-3-8(15)13-10(12-6)17-5-9(16)11-7(2)4-14/h6-7,14H,3-5H2,1-2H3,(H,11,16)(H,12,13,15)/t6-,7-/m1/s1. The molecule has 0 radical (unpaired) electrons. The summed E-state index contributed by atoms with van der Waals surface area (Å²) in [4.78, 5) is 26.8. The molecular weight excluding hydrogens is 242 g/mol. The van der Waals surface area contributed by atoms with Crippen molar-refractivity contribution in [3.63, 3.8) is 0 Å². The molecular formula is C10H17N3O3S. The van der Waals surface area contributed by atoms with Crippen LogP contribution in [0.15, 0.2) is 4.99 Å². The first-order chi connectivity index (χ1) is 8.01. The number of nitrogens with zero attached hydrogens (tertiary/aromatic N) is 1. The van der Waals surface area contributed by atoms with Crippen LogP contribution in [0.25, 0.3) is 0 Å². The minimum absolute atomic E-state index is 0.0364. The summed E-state index contributed by atoms with van der Waals surface area (Å²) in [5, 5.41) is 14.5. The highest BCUT2D eigenvalue weighted by Gasteiger charge is 2.18. The van der Waals surface area contributed by atoms with Crippen LogP contribution in [0.5, 0.6) is 0 Å². The van der Waals surface area contributed by atoms with Gasteiger partial charge in [-0.25, -0.2) is 0 Å². The summed E-state index contributed by atoms with van der Waals surface area (Å²) in [5.74, 6) is -0.0817. The first kappa shape index (κ1) is 14.0. The predicted octanol–water partition coefficient (Wildman–Crippen LogP) is -0.519. The van der Waals surface area contributed by atoms with Crippen molar-refractivity contribution in [2.45, 2.75) is 32.4 Å². The predicted molar refractivity (Wildman–Crippen MR) is 66.8 cm³/mol. The number of aliphatic hydroxyl groups is 1. The third-order valence-electron chi connectivity index (χ3n) is 2.09. The Bertz CT molecular complexity index is 333. The van der Waals surface area contributed by atoms with Crippen LogP contribution in [0.3, 0.4) is 0 Å². The van der Waals surface area contributed by atoms with Crippen LogP contribution in [0.2, 0.25) is 0 Å². The fraction of sp³-hybridized carbons (Fsp3) is 0.700. The molecule has 0 fully saturated rings. The van der Waals surface area contributed by atoms with Crippen LogP contribution in [-0.4, -0.2) is 46.5 Å². The molecule has 7 heteroatoms. The SMILES string of the molecule is C[C@@H]1CC(=O)NC(SCC(=O)N[C@H](C)CO)=N1. The molecule has 0 unspecified atom stereocenters. The van der Waals surface area contributed by atoms with Crippen molar-refractivity contribution in [2.75, 3.05) is 12.4 Å². The third kappa shape index (κ3) is 5.18. The van der Waals surface area contributed by atoms with Crippen LogP contribution in [0.4, 0.5) is 0 Å². The van der Waals surface area contributed by atoms with E-state index in [2.05, 4.69) is 15.6 Å². The average molecular weight is 259 g/mol. The lowest BCUT2D eigenvalue weighted by molar-refractivity contribution is -0.120. The molecule has 0 bridgehead atoms. The van der Waals surface area contributed by atoms with Crippen molar-refractivity contribution < 1.29 is 14.7 Å². The van der Waals surface area contributed by atoms with Crippen LogP contribution in [0.1, 0.15) is 20.3 Å². The zero-order valence-electron chi connectivity index (χ0n) is 9.90. The normalized spacial score (nSPS) is 21.5. The first-order valence-corrected chi connectivity index (χ1v) is 6.40. The van der Waals surface area contributed by atoms with Crippen molar-refractivity contribution in [3.8, 4) is 0 Å². The molecule has 0 spiro atoms. The summed E-state index contributed by atoms with van der Waals surface area (Å²) in [6.07, 6.45) is 0.387. The smallest absolute Gasteiger partial charge is 0.230 e. The van der Waals surface area contributed by atoms with Gasteiger partial charge in [-0.2, -0.15) is 0 Å². The third-order valence-corrected chi connectivity index (χ3v) is 2.97. The van der Waals surface area contributed by atoms with E-state index in [9.17, 15) is 9.59 Å². The van der Waals surface area contributed by atoms with Crippen molar-refractivity contribution >= 4 is 28.7 Å². The number of carbonyl (C=O) groups excluding carboxylic acids is 2. The summed E-state index contributed by atoms with van der Waals surface area (Å²) in [6.45, 7) is 3.48. The number of aliphatic hydroxyl groups excluding tert-OH is 1. The number of carbonyl (C=O) groups is 2. The molecule has 6 nitrogen and oxygen atoms in total. The molecule has 2 amide bonds. The van der Waals surface area contributed by atoms with Gasteiger partial charge in [0.05, 0.1) is 18.4 Å². The molecule has 0 aliphatic carbocycles. The van der Waals surface area contributed by atoms with Crippen molar-refractivity contribution in [1.82, 2.24) is 10.6 Å². The van der Waals surface area contributed by atoms with Crippen LogP contribution >= 0.6 is 11.8 Å². The van der Waals surface area contributed by atoms with E-state index in [1.54, 1.807) is 6.92 Å². The lowest BCUT2D eigenvalue weighted by Crippen LogP contribution is -2.39. The minimum Gasteiger partial charge on any atom is -0.394 e. The average Bonchev–Trinajstić information content (AvgIpc) is 2.25. The van der Waals surface area contributed by atoms with Gasteiger partial charge in [-0.15, -0.1) is 0 Å². The number of hydrogen-bond acceptors (Lipinski definition) is 5. The van der Waals surface area contributed by atoms with Gasteiger partial charge >= 0.3 is 0 Å². The first-order valence-electron chi connectivity index (χ1n) is 5.42. The maximum atomic E-state index is 11.4. The second-order valence-electron chi connectivity index (χ2n) is 3.98. The van der Waals surface area contributed by atoms with E-state index in [-0.39, 0.29) is 36.3 Å². The van der Waals surface area contributed by atoms with Gasteiger partial charge in [0.2, 0.25) is 11.8 Å².